The molecule has 0 aliphatic carbocycles. The molecule has 22 heavy (non-hydrogen) atoms. The van der Waals surface area contributed by atoms with Gasteiger partial charge in [-0.05, 0) is 35.9 Å². The average Bonchev–Trinajstić information content (AvgIpc) is 2.39. The van der Waals surface area contributed by atoms with Gasteiger partial charge in [-0.15, -0.1) is 0 Å². The third-order valence-corrected chi connectivity index (χ3v) is 3.57. The molecule has 117 valence electrons. The molecule has 2 aromatic carbocycles. The van der Waals surface area contributed by atoms with Gasteiger partial charge < -0.3 is 0 Å². The van der Waals surface area contributed by atoms with Crippen molar-refractivity contribution >= 4 is 23.2 Å². The monoisotopic (exact) mass is 357 g/mol. The molecule has 0 atom stereocenters. The molecule has 8 heteroatoms. The summed E-state index contributed by atoms with van der Waals surface area (Å²) in [7, 11) is 0. The standard InChI is InChI=1S/C14H5Cl2F6/c15-11-3-1-2-10(12(11)16)7-4-8(13(17,18)19)6-9(5-7)14(20,21)22/h1,3-6H. The zero-order chi connectivity index (χ0) is 16.7. The molecular formula is C14H5Cl2F6. The highest BCUT2D eigenvalue weighted by atomic mass is 35.5. The smallest absolute Gasteiger partial charge is 0.166 e. The Bertz CT molecular complexity index is 671. The van der Waals surface area contributed by atoms with E-state index in [4.69, 9.17) is 23.2 Å². The Morgan fingerprint density at radius 2 is 1.32 bits per heavy atom. The Morgan fingerprint density at radius 3 is 1.77 bits per heavy atom. The Labute approximate surface area is 131 Å². The SMILES string of the molecule is FC(F)(F)c1cc(-c2[c]ccc(Cl)c2Cl)cc(C(F)(F)F)c1. The van der Waals surface area contributed by atoms with Crippen molar-refractivity contribution in [2.24, 2.45) is 0 Å². The molecule has 0 heterocycles. The Balaban J connectivity index is 2.73. The number of hydrogen-bond acceptors (Lipinski definition) is 0. The van der Waals surface area contributed by atoms with E-state index in [-0.39, 0.29) is 27.2 Å². The largest absolute Gasteiger partial charge is 0.416 e. The zero-order valence-electron chi connectivity index (χ0n) is 10.4. The van der Waals surface area contributed by atoms with Crippen LogP contribution in [0.3, 0.4) is 0 Å². The highest BCUT2D eigenvalue weighted by Gasteiger charge is 2.37. The molecule has 0 aliphatic rings. The number of rotatable bonds is 1. The van der Waals surface area contributed by atoms with Crippen LogP contribution in [0.2, 0.25) is 10.0 Å². The Kier molecular flexibility index (Phi) is 4.37. The second kappa shape index (κ2) is 5.66. The van der Waals surface area contributed by atoms with Crippen LogP contribution in [0.25, 0.3) is 11.1 Å². The molecule has 2 aromatic rings. The van der Waals surface area contributed by atoms with Gasteiger partial charge in [0.2, 0.25) is 0 Å². The van der Waals surface area contributed by atoms with Crippen LogP contribution in [-0.2, 0) is 12.4 Å². The fourth-order valence-electron chi connectivity index (χ4n) is 1.76. The topological polar surface area (TPSA) is 0 Å². The van der Waals surface area contributed by atoms with Gasteiger partial charge in [-0.3, -0.25) is 0 Å². The summed E-state index contributed by atoms with van der Waals surface area (Å²) >= 11 is 11.6. The molecule has 0 spiro atoms. The minimum absolute atomic E-state index is 0.00128. The predicted octanol–water partition coefficient (Wildman–Crippen LogP) is 6.50. The molecule has 0 amide bonds. The molecule has 0 saturated carbocycles. The Hall–Kier alpha value is -1.40. The highest BCUT2D eigenvalue weighted by Crippen LogP contribution is 2.40. The maximum absolute atomic E-state index is 12.8. The quantitative estimate of drug-likeness (QED) is 0.511. The van der Waals surface area contributed by atoms with Crippen LogP contribution in [-0.4, -0.2) is 0 Å². The van der Waals surface area contributed by atoms with Gasteiger partial charge in [0.1, 0.15) is 0 Å². The number of alkyl halides is 6. The maximum atomic E-state index is 12.8. The van der Waals surface area contributed by atoms with E-state index in [1.165, 1.54) is 12.1 Å². The van der Waals surface area contributed by atoms with E-state index in [1.807, 2.05) is 0 Å². The summed E-state index contributed by atoms with van der Waals surface area (Å²) in [6, 6.07) is 6.28. The number of benzene rings is 2. The minimum Gasteiger partial charge on any atom is -0.166 e. The molecule has 0 N–H and O–H groups in total. The minimum atomic E-state index is -4.93. The second-order valence-corrected chi connectivity index (χ2v) is 5.09. The van der Waals surface area contributed by atoms with Crippen molar-refractivity contribution in [3.05, 3.63) is 57.6 Å². The van der Waals surface area contributed by atoms with Crippen LogP contribution in [0.15, 0.2) is 30.3 Å². The van der Waals surface area contributed by atoms with E-state index in [9.17, 15) is 26.3 Å². The lowest BCUT2D eigenvalue weighted by Crippen LogP contribution is -2.11. The lowest BCUT2D eigenvalue weighted by atomic mass is 9.99. The normalized spacial score (nSPS) is 12.5. The van der Waals surface area contributed by atoms with Crippen LogP contribution in [0.4, 0.5) is 26.3 Å². The molecule has 0 aliphatic heterocycles. The van der Waals surface area contributed by atoms with Crippen LogP contribution >= 0.6 is 23.2 Å². The van der Waals surface area contributed by atoms with Gasteiger partial charge in [-0.1, -0.05) is 29.3 Å². The first-order valence-corrected chi connectivity index (χ1v) is 6.41. The van der Waals surface area contributed by atoms with Gasteiger partial charge in [-0.2, -0.15) is 26.3 Å². The average molecular weight is 358 g/mol. The van der Waals surface area contributed by atoms with Crippen molar-refractivity contribution in [1.29, 1.82) is 0 Å². The third kappa shape index (κ3) is 3.50. The molecule has 1 radical (unpaired) electrons. The lowest BCUT2D eigenvalue weighted by molar-refractivity contribution is -0.143. The predicted molar refractivity (Wildman–Crippen MR) is 70.7 cm³/mol. The molecule has 0 aromatic heterocycles. The van der Waals surface area contributed by atoms with Gasteiger partial charge in [0.25, 0.3) is 0 Å². The maximum Gasteiger partial charge on any atom is 0.416 e. The molecule has 0 nitrogen and oxygen atoms in total. The first-order valence-electron chi connectivity index (χ1n) is 5.65. The van der Waals surface area contributed by atoms with Crippen LogP contribution < -0.4 is 0 Å². The van der Waals surface area contributed by atoms with Gasteiger partial charge in [-0.25, -0.2) is 0 Å². The Morgan fingerprint density at radius 1 is 0.818 bits per heavy atom. The van der Waals surface area contributed by atoms with E-state index < -0.39 is 23.5 Å². The number of hydrogen-bond donors (Lipinski definition) is 0. The zero-order valence-corrected chi connectivity index (χ0v) is 11.9. The van der Waals surface area contributed by atoms with E-state index in [1.54, 1.807) is 0 Å². The van der Waals surface area contributed by atoms with Crippen molar-refractivity contribution in [3.8, 4) is 11.1 Å². The van der Waals surface area contributed by atoms with E-state index >= 15 is 0 Å². The van der Waals surface area contributed by atoms with Crippen LogP contribution in [0, 0.1) is 6.07 Å². The molecular weight excluding hydrogens is 353 g/mol. The molecule has 2 rings (SSSR count). The second-order valence-electron chi connectivity index (χ2n) is 4.31. The number of halogens is 8. The van der Waals surface area contributed by atoms with E-state index in [2.05, 4.69) is 6.07 Å². The highest BCUT2D eigenvalue weighted by molar-refractivity contribution is 6.43. The van der Waals surface area contributed by atoms with Gasteiger partial charge in [0.05, 0.1) is 21.2 Å². The molecule has 0 saturated heterocycles. The van der Waals surface area contributed by atoms with Gasteiger partial charge in [0, 0.05) is 5.56 Å². The third-order valence-electron chi connectivity index (χ3n) is 2.76. The van der Waals surface area contributed by atoms with E-state index in [0.29, 0.717) is 12.1 Å². The summed E-state index contributed by atoms with van der Waals surface area (Å²) in [5.74, 6) is 0. The van der Waals surface area contributed by atoms with Crippen molar-refractivity contribution in [2.75, 3.05) is 0 Å². The first-order chi connectivity index (χ1) is 10.00. The summed E-state index contributed by atoms with van der Waals surface area (Å²) in [6.45, 7) is 0. The summed E-state index contributed by atoms with van der Waals surface area (Å²) in [6.07, 6.45) is -9.86. The molecule has 0 bridgehead atoms. The van der Waals surface area contributed by atoms with Crippen molar-refractivity contribution in [2.45, 2.75) is 12.4 Å². The summed E-state index contributed by atoms with van der Waals surface area (Å²) in [5, 5.41) is -0.169. The van der Waals surface area contributed by atoms with Crippen LogP contribution in [0.1, 0.15) is 11.1 Å². The van der Waals surface area contributed by atoms with Gasteiger partial charge >= 0.3 is 12.4 Å². The van der Waals surface area contributed by atoms with Crippen molar-refractivity contribution < 1.29 is 26.3 Å². The van der Waals surface area contributed by atoms with Crippen molar-refractivity contribution in [3.63, 3.8) is 0 Å². The first kappa shape index (κ1) is 17.0. The fourth-order valence-corrected chi connectivity index (χ4v) is 2.15. The van der Waals surface area contributed by atoms with E-state index in [0.717, 1.165) is 0 Å². The summed E-state index contributed by atoms with van der Waals surface area (Å²) in [4.78, 5) is 0. The molecule has 0 fully saturated rings. The lowest BCUT2D eigenvalue weighted by Gasteiger charge is -2.15. The van der Waals surface area contributed by atoms with Crippen LogP contribution in [0.5, 0.6) is 0 Å². The fraction of sp³-hybridized carbons (Fsp3) is 0.143. The molecule has 0 unspecified atom stereocenters. The summed E-state index contributed by atoms with van der Waals surface area (Å²) in [5.41, 5.74) is -3.36. The summed E-state index contributed by atoms with van der Waals surface area (Å²) < 4.78 is 76.8. The van der Waals surface area contributed by atoms with Crippen molar-refractivity contribution in [1.82, 2.24) is 0 Å². The van der Waals surface area contributed by atoms with Gasteiger partial charge in [0.15, 0.2) is 0 Å².